The second-order valence-corrected chi connectivity index (χ2v) is 10.4. The lowest BCUT2D eigenvalue weighted by Crippen LogP contribution is -2.54. The summed E-state index contributed by atoms with van der Waals surface area (Å²) in [7, 11) is 0. The molecular formula is C34H33FN6O4. The molecule has 4 aromatic carbocycles. The minimum Gasteiger partial charge on any atom is -0.494 e. The summed E-state index contributed by atoms with van der Waals surface area (Å²) >= 11 is 0. The Kier molecular flexibility index (Phi) is 10.4. The number of nitrogens with one attached hydrogen (secondary N) is 2. The van der Waals surface area contributed by atoms with Gasteiger partial charge in [0.1, 0.15) is 11.6 Å². The van der Waals surface area contributed by atoms with Gasteiger partial charge in [0.25, 0.3) is 5.91 Å². The normalized spacial score (nSPS) is 17.1. The van der Waals surface area contributed by atoms with Crippen LogP contribution in [0.2, 0.25) is 0 Å². The second kappa shape index (κ2) is 15.0. The van der Waals surface area contributed by atoms with E-state index in [1.54, 1.807) is 66.7 Å². The van der Waals surface area contributed by atoms with Gasteiger partial charge in [-0.05, 0) is 59.0 Å². The molecule has 0 unspecified atom stereocenters. The van der Waals surface area contributed by atoms with Gasteiger partial charge in [0.2, 0.25) is 5.90 Å². The van der Waals surface area contributed by atoms with Crippen molar-refractivity contribution in [1.82, 2.24) is 10.9 Å². The van der Waals surface area contributed by atoms with Crippen LogP contribution >= 0.6 is 0 Å². The van der Waals surface area contributed by atoms with E-state index in [1.807, 2.05) is 30.3 Å². The van der Waals surface area contributed by atoms with Crippen LogP contribution in [0, 0.1) is 5.82 Å². The fourth-order valence-corrected chi connectivity index (χ4v) is 5.16. The number of nitrogens with zero attached hydrogens (tertiary/aromatic N) is 4. The lowest BCUT2D eigenvalue weighted by molar-refractivity contribution is -0.130. The third-order valence-electron chi connectivity index (χ3n) is 7.42. The molecule has 1 aliphatic rings. The van der Waals surface area contributed by atoms with Crippen molar-refractivity contribution in [1.29, 1.82) is 0 Å². The molecule has 0 radical (unpaired) electrons. The first kappa shape index (κ1) is 31.2. The fraction of sp³-hybridized carbons (Fsp3) is 0.235. The summed E-state index contributed by atoms with van der Waals surface area (Å²) < 4.78 is 26.3. The van der Waals surface area contributed by atoms with Crippen LogP contribution in [0.4, 0.5) is 10.1 Å². The van der Waals surface area contributed by atoms with E-state index in [2.05, 4.69) is 20.9 Å². The number of carbonyl (C=O) groups excluding carboxylic acids is 1. The molecule has 10 nitrogen and oxygen atoms in total. The maximum Gasteiger partial charge on any atom is 0.266 e. The van der Waals surface area contributed by atoms with Crippen molar-refractivity contribution in [2.45, 2.75) is 30.9 Å². The maximum atomic E-state index is 14.3. The Morgan fingerprint density at radius 1 is 1.00 bits per heavy atom. The Hall–Kier alpha value is -5.22. The first-order chi connectivity index (χ1) is 22.0. The summed E-state index contributed by atoms with van der Waals surface area (Å²) in [5, 5.41) is 12.9. The minimum absolute atomic E-state index is 0.0363. The van der Waals surface area contributed by atoms with Crippen LogP contribution in [0.1, 0.15) is 34.8 Å². The Bertz CT molecular complexity index is 1680. The molecule has 0 aliphatic carbocycles. The molecule has 45 heavy (non-hydrogen) atoms. The highest BCUT2D eigenvalue weighted by atomic mass is 19.1. The molecule has 3 N–H and O–H groups in total. The topological polar surface area (TPSA) is 141 Å². The molecule has 0 saturated carbocycles. The molecule has 0 bridgehead atoms. The zero-order chi connectivity index (χ0) is 31.5. The molecule has 0 fully saturated rings. The van der Waals surface area contributed by atoms with E-state index < -0.39 is 17.6 Å². The minimum atomic E-state index is -1.53. The first-order valence-electron chi connectivity index (χ1n) is 14.6. The molecule has 11 heteroatoms. The summed E-state index contributed by atoms with van der Waals surface area (Å²) in [4.78, 5) is 22.2. The Morgan fingerprint density at radius 3 is 2.44 bits per heavy atom. The highest BCUT2D eigenvalue weighted by Crippen LogP contribution is 2.43. The fourth-order valence-electron chi connectivity index (χ4n) is 5.16. The Morgan fingerprint density at radius 2 is 1.71 bits per heavy atom. The van der Waals surface area contributed by atoms with Gasteiger partial charge in [0, 0.05) is 42.2 Å². The first-order valence-corrected chi connectivity index (χ1v) is 14.6. The highest BCUT2D eigenvalue weighted by Gasteiger charge is 2.53. The van der Waals surface area contributed by atoms with Crippen molar-refractivity contribution in [3.8, 4) is 5.75 Å². The number of amides is 1. The average molecular weight is 609 g/mol. The largest absolute Gasteiger partial charge is 0.494 e. The van der Waals surface area contributed by atoms with Crippen LogP contribution in [0.5, 0.6) is 5.75 Å². The maximum absolute atomic E-state index is 14.3. The number of hydrogen-bond donors (Lipinski definition) is 3. The molecule has 0 aromatic heterocycles. The van der Waals surface area contributed by atoms with Crippen molar-refractivity contribution in [2.24, 2.45) is 10.1 Å². The van der Waals surface area contributed by atoms with Gasteiger partial charge in [-0.3, -0.25) is 10.2 Å². The molecule has 2 atom stereocenters. The van der Waals surface area contributed by atoms with Crippen molar-refractivity contribution in [3.05, 3.63) is 142 Å². The zero-order valence-electron chi connectivity index (χ0n) is 24.5. The van der Waals surface area contributed by atoms with Gasteiger partial charge in [-0.25, -0.2) is 14.8 Å². The molecule has 1 aliphatic heterocycles. The van der Waals surface area contributed by atoms with E-state index in [1.165, 1.54) is 6.07 Å². The smallest absolute Gasteiger partial charge is 0.266 e. The van der Waals surface area contributed by atoms with Gasteiger partial charge in [-0.15, -0.1) is 0 Å². The SMILES string of the molecule is [N-]=[N+]=Nc1ccccc1C[C@]1(C(=O)NNCCc2ccccc2F)N=C(c2ccc(OCCCO)cc2)O[C@H]1c1ccccc1. The summed E-state index contributed by atoms with van der Waals surface area (Å²) in [6.07, 6.45) is 0.0646. The van der Waals surface area contributed by atoms with Gasteiger partial charge in [-0.1, -0.05) is 77.9 Å². The third kappa shape index (κ3) is 7.47. The lowest BCUT2D eigenvalue weighted by Gasteiger charge is -2.31. The second-order valence-electron chi connectivity index (χ2n) is 10.4. The van der Waals surface area contributed by atoms with Gasteiger partial charge in [-0.2, -0.15) is 0 Å². The number of carbonyl (C=O) groups is 1. The zero-order valence-corrected chi connectivity index (χ0v) is 24.5. The van der Waals surface area contributed by atoms with Gasteiger partial charge in [0.15, 0.2) is 11.6 Å². The molecular weight excluding hydrogens is 575 g/mol. The summed E-state index contributed by atoms with van der Waals surface area (Å²) in [5.74, 6) is 0.0917. The summed E-state index contributed by atoms with van der Waals surface area (Å²) in [6.45, 7) is 0.680. The molecule has 230 valence electrons. The van der Waals surface area contributed by atoms with Crippen molar-refractivity contribution >= 4 is 17.5 Å². The predicted octanol–water partition coefficient (Wildman–Crippen LogP) is 5.89. The van der Waals surface area contributed by atoms with Crippen LogP contribution < -0.4 is 15.6 Å². The van der Waals surface area contributed by atoms with Crippen LogP contribution in [0.15, 0.2) is 113 Å². The number of aliphatic hydroxyl groups is 1. The van der Waals surface area contributed by atoms with Crippen LogP contribution in [0.25, 0.3) is 10.4 Å². The van der Waals surface area contributed by atoms with E-state index in [-0.39, 0.29) is 31.3 Å². The molecule has 1 heterocycles. The number of halogens is 1. The highest BCUT2D eigenvalue weighted by molar-refractivity contribution is 6.01. The number of rotatable bonds is 14. The van der Waals surface area contributed by atoms with Crippen molar-refractivity contribution < 1.29 is 23.8 Å². The third-order valence-corrected chi connectivity index (χ3v) is 7.42. The van der Waals surface area contributed by atoms with E-state index in [4.69, 9.17) is 19.6 Å². The summed E-state index contributed by atoms with van der Waals surface area (Å²) in [6, 6.07) is 30.0. The van der Waals surface area contributed by atoms with Crippen LogP contribution in [-0.4, -0.2) is 42.2 Å². The van der Waals surface area contributed by atoms with E-state index in [0.29, 0.717) is 47.6 Å². The number of ether oxygens (including phenoxy) is 2. The Balaban J connectivity index is 1.50. The van der Waals surface area contributed by atoms with E-state index >= 15 is 0 Å². The van der Waals surface area contributed by atoms with Gasteiger partial charge in [0.05, 0.1) is 6.61 Å². The summed E-state index contributed by atoms with van der Waals surface area (Å²) in [5.41, 5.74) is 16.3. The monoisotopic (exact) mass is 608 g/mol. The predicted molar refractivity (Wildman–Crippen MR) is 168 cm³/mol. The number of aliphatic imine (C=N–C) groups is 1. The number of aliphatic hydroxyl groups excluding tert-OH is 1. The molecule has 4 aromatic rings. The van der Waals surface area contributed by atoms with Crippen LogP contribution in [0.3, 0.4) is 0 Å². The molecule has 0 spiro atoms. The van der Waals surface area contributed by atoms with Gasteiger partial charge >= 0.3 is 0 Å². The van der Waals surface area contributed by atoms with E-state index in [9.17, 15) is 14.7 Å². The molecule has 0 saturated heterocycles. The van der Waals surface area contributed by atoms with Crippen molar-refractivity contribution in [2.75, 3.05) is 19.8 Å². The van der Waals surface area contributed by atoms with Crippen molar-refractivity contribution in [3.63, 3.8) is 0 Å². The van der Waals surface area contributed by atoms with E-state index in [0.717, 1.165) is 5.56 Å². The van der Waals surface area contributed by atoms with Gasteiger partial charge < -0.3 is 14.6 Å². The molecule has 5 rings (SSSR count). The Labute approximate surface area is 260 Å². The van der Waals surface area contributed by atoms with Crippen LogP contribution in [-0.2, 0) is 22.4 Å². The average Bonchev–Trinajstić information content (AvgIpc) is 3.46. The number of azide groups is 1. The number of benzene rings is 4. The number of hydrogen-bond acceptors (Lipinski definition) is 7. The standard InChI is InChI=1S/C34H33FN6O4/c35-29-13-6-4-9-24(29)19-20-37-40-33(43)34(23-27-12-5-7-14-30(27)39-41-36)31(25-10-2-1-3-11-25)45-32(38-34)26-15-17-28(18-16-26)44-22-8-21-42/h1-7,9-18,31,37,42H,8,19-23H2,(H,40,43)/t31-,34-/m0/s1. The quantitative estimate of drug-likeness (QED) is 0.0538. The lowest BCUT2D eigenvalue weighted by atomic mass is 9.81. The number of hydrazine groups is 1. The molecule has 1 amide bonds.